The van der Waals surface area contributed by atoms with Crippen molar-refractivity contribution in [2.45, 2.75) is 0 Å². The molecule has 0 saturated carbocycles. The van der Waals surface area contributed by atoms with Gasteiger partial charge in [0, 0.05) is 0 Å². The molecule has 46 valence electrons. The van der Waals surface area contributed by atoms with Crippen molar-refractivity contribution in [2.24, 2.45) is 0 Å². The molecule has 0 aliphatic carbocycles. The summed E-state index contributed by atoms with van der Waals surface area (Å²) in [5.74, 6) is 0. The molecule has 8 heavy (non-hydrogen) atoms. The molecule has 0 radical (unpaired) electrons. The number of rotatable bonds is 1. The molecule has 0 amide bonds. The van der Waals surface area contributed by atoms with E-state index in [2.05, 4.69) is 4.71 Å². The quantitative estimate of drug-likeness (QED) is 0.483. The first kappa shape index (κ1) is 5.93. The van der Waals surface area contributed by atoms with Crippen LogP contribution >= 0.6 is 11.3 Å². The maximum atomic E-state index is 6.59. The molecule has 0 fully saturated rings. The number of hydrogen-bond donors (Lipinski definition) is 1. The Labute approximate surface area is 57.6 Å². The summed E-state index contributed by atoms with van der Waals surface area (Å²) in [5, 5.41) is 8.58. The van der Waals surface area contributed by atoms with Crippen LogP contribution in [0.3, 0.4) is 0 Å². The van der Waals surface area contributed by atoms with Crippen LogP contribution < -0.4 is 3.78 Å². The third-order valence-electron chi connectivity index (χ3n) is 0.577. The first-order valence-corrected chi connectivity index (χ1v) is 3.77. The van der Waals surface area contributed by atoms with Gasteiger partial charge in [-0.1, -0.05) is 0 Å². The Morgan fingerprint density at radius 2 is 2.62 bits per heavy atom. The van der Waals surface area contributed by atoms with Crippen molar-refractivity contribution in [1.82, 2.24) is 0 Å². The monoisotopic (exact) mass is 173 g/mol. The van der Waals surface area contributed by atoms with Gasteiger partial charge >= 0.3 is 57.3 Å². The number of hydrogen-bond acceptors (Lipinski definition) is 2. The molecule has 0 atom stereocenters. The van der Waals surface area contributed by atoms with Crippen molar-refractivity contribution in [3.63, 3.8) is 0 Å². The van der Waals surface area contributed by atoms with E-state index in [4.69, 9.17) is 5.41 Å². The summed E-state index contributed by atoms with van der Waals surface area (Å²) in [7, 11) is 0. The van der Waals surface area contributed by atoms with Crippen LogP contribution in [0.25, 0.3) is 0 Å². The third kappa shape index (κ3) is 1.39. The summed E-state index contributed by atoms with van der Waals surface area (Å²) < 4.78 is 3.35. The zero-order valence-corrected chi connectivity index (χ0v) is 5.70. The molecule has 0 aromatic carbocycles. The predicted molar refractivity (Wildman–Crippen MR) is 31.7 cm³/mol. The molecule has 1 N–H and O–H groups in total. The number of nitrogens with one attached hydrogen (secondary N) is 1. The molecule has 0 bridgehead atoms. The van der Waals surface area contributed by atoms with E-state index >= 15 is 0 Å². The third-order valence-corrected chi connectivity index (χ3v) is 2.31. The van der Waals surface area contributed by atoms with Gasteiger partial charge in [0.05, 0.1) is 0 Å². The van der Waals surface area contributed by atoms with Gasteiger partial charge in [-0.2, -0.15) is 0 Å². The van der Waals surface area contributed by atoms with E-state index in [1.807, 2.05) is 17.5 Å². The summed E-state index contributed by atoms with van der Waals surface area (Å²) in [4.78, 5) is 0. The van der Waals surface area contributed by atoms with Crippen LogP contribution in [0, 0.1) is 5.41 Å². The molecule has 1 rings (SSSR count). The van der Waals surface area contributed by atoms with E-state index in [1.54, 1.807) is 11.3 Å². The molecule has 0 aliphatic rings. The zero-order chi connectivity index (χ0) is 5.82. The average Bonchev–Trinajstić information content (AvgIpc) is 2.19. The Hall–Kier alpha value is -0.201. The Morgan fingerprint density at radius 3 is 3.12 bits per heavy atom. The zero-order valence-electron chi connectivity index (χ0n) is 3.94. The Balaban J connectivity index is 2.93. The molecule has 1 aromatic heterocycles. The van der Waals surface area contributed by atoms with E-state index in [0.29, 0.717) is 0 Å². The van der Waals surface area contributed by atoms with Crippen molar-refractivity contribution in [3.8, 4) is 0 Å². The Morgan fingerprint density at radius 1 is 1.75 bits per heavy atom. The summed E-state index contributed by atoms with van der Waals surface area (Å²) >= 11 is 3.02. The van der Waals surface area contributed by atoms with Crippen LogP contribution in [0.15, 0.2) is 17.5 Å². The van der Waals surface area contributed by atoms with E-state index in [0.717, 1.165) is 3.78 Å². The Bertz CT molecular complexity index is 198. The van der Waals surface area contributed by atoms with Gasteiger partial charge in [0.1, 0.15) is 0 Å². The van der Waals surface area contributed by atoms with E-state index in [9.17, 15) is 0 Å². The van der Waals surface area contributed by atoms with E-state index < -0.39 is 0 Å². The topological polar surface area (TPSA) is 23.9 Å². The molecule has 3 heteroatoms. The summed E-state index contributed by atoms with van der Waals surface area (Å²) in [5.41, 5.74) is 0. The van der Waals surface area contributed by atoms with Crippen LogP contribution in [-0.2, 0) is 14.5 Å². The summed E-state index contributed by atoms with van der Waals surface area (Å²) in [6.45, 7) is 0. The molecular weight excluding hydrogens is 170 g/mol. The molecule has 1 aromatic rings. The summed E-state index contributed by atoms with van der Waals surface area (Å²) in [6, 6.07) is 3.92. The molecule has 1 heterocycles. The predicted octanol–water partition coefficient (Wildman–Crippen LogP) is 0.940. The SMILES string of the molecule is N=[C]=[Cu][c]1cccs1. The molecular formula is C5H4CuNS. The van der Waals surface area contributed by atoms with Crippen molar-refractivity contribution in [2.75, 3.05) is 0 Å². The summed E-state index contributed by atoms with van der Waals surface area (Å²) in [6.07, 6.45) is 0. The fourth-order valence-electron chi connectivity index (χ4n) is 0.326. The van der Waals surface area contributed by atoms with E-state index in [1.165, 1.54) is 14.5 Å². The molecule has 0 saturated heterocycles. The standard InChI is InChI=1S/C4H3S.CHN.Cu/c1-2-4-5-3-1;1-2;/h1-3H;2H;. The van der Waals surface area contributed by atoms with Gasteiger partial charge in [-0.3, -0.25) is 0 Å². The van der Waals surface area contributed by atoms with Crippen molar-refractivity contribution < 1.29 is 14.5 Å². The first-order valence-electron chi connectivity index (χ1n) is 1.95. The van der Waals surface area contributed by atoms with Crippen LogP contribution in [0.2, 0.25) is 0 Å². The normalized spacial score (nSPS) is 9.00. The number of thiophene rings is 1. The average molecular weight is 174 g/mol. The van der Waals surface area contributed by atoms with Crippen molar-refractivity contribution in [3.05, 3.63) is 17.5 Å². The van der Waals surface area contributed by atoms with Gasteiger partial charge in [-0.15, -0.1) is 0 Å². The van der Waals surface area contributed by atoms with Crippen molar-refractivity contribution in [1.29, 1.82) is 5.41 Å². The fourth-order valence-corrected chi connectivity index (χ4v) is 1.57. The van der Waals surface area contributed by atoms with Gasteiger partial charge in [-0.25, -0.2) is 0 Å². The van der Waals surface area contributed by atoms with Gasteiger partial charge in [0.2, 0.25) is 0 Å². The first-order chi connectivity index (χ1) is 3.93. The molecule has 0 unspecified atom stereocenters. The Kier molecular flexibility index (Phi) is 2.19. The van der Waals surface area contributed by atoms with Gasteiger partial charge in [-0.05, 0) is 0 Å². The minimum atomic E-state index is 1.11. The van der Waals surface area contributed by atoms with Gasteiger partial charge < -0.3 is 0 Å². The fraction of sp³-hybridized carbons (Fsp3) is 0. The second-order valence-corrected chi connectivity index (χ2v) is 3.22. The molecule has 0 spiro atoms. The van der Waals surface area contributed by atoms with E-state index in [-0.39, 0.29) is 0 Å². The van der Waals surface area contributed by atoms with Crippen LogP contribution in [-0.4, -0.2) is 4.71 Å². The van der Waals surface area contributed by atoms with Crippen molar-refractivity contribution >= 4 is 19.8 Å². The second-order valence-electron chi connectivity index (χ2n) is 1.03. The van der Waals surface area contributed by atoms with Crippen LogP contribution in [0.5, 0.6) is 0 Å². The van der Waals surface area contributed by atoms with Gasteiger partial charge in [0.25, 0.3) is 0 Å². The molecule has 0 aliphatic heterocycles. The second kappa shape index (κ2) is 2.95. The van der Waals surface area contributed by atoms with Gasteiger partial charge in [0.15, 0.2) is 0 Å². The van der Waals surface area contributed by atoms with Crippen LogP contribution in [0.1, 0.15) is 0 Å². The maximum absolute atomic E-state index is 6.59. The molecule has 1 nitrogen and oxygen atoms in total. The minimum absolute atomic E-state index is 1.11. The van der Waals surface area contributed by atoms with Crippen LogP contribution in [0.4, 0.5) is 0 Å².